The molecule has 0 saturated carbocycles. The number of carbonyl (C=O) groups excluding carboxylic acids is 1. The summed E-state index contributed by atoms with van der Waals surface area (Å²) in [5, 5.41) is 3.61. The molecule has 1 saturated heterocycles. The van der Waals surface area contributed by atoms with Crippen LogP contribution in [0.5, 0.6) is 0 Å². The fourth-order valence-corrected chi connectivity index (χ4v) is 3.18. The normalized spacial score (nSPS) is 16.9. The van der Waals surface area contributed by atoms with Gasteiger partial charge in [-0.05, 0) is 44.0 Å². The van der Waals surface area contributed by atoms with E-state index in [-0.39, 0.29) is 11.9 Å². The molecule has 0 atom stereocenters. The van der Waals surface area contributed by atoms with Crippen LogP contribution in [-0.2, 0) is 0 Å². The number of hydrogen-bond donors (Lipinski definition) is 1. The van der Waals surface area contributed by atoms with E-state index < -0.39 is 0 Å². The Morgan fingerprint density at radius 2 is 2.14 bits per heavy atom. The first-order valence-electron chi connectivity index (χ1n) is 7.58. The predicted molar refractivity (Wildman–Crippen MR) is 91.0 cm³/mol. The minimum absolute atomic E-state index is 0.0756. The molecule has 1 aromatic carbocycles. The molecule has 1 amide bonds. The van der Waals surface area contributed by atoms with E-state index in [2.05, 4.69) is 33.1 Å². The maximum Gasteiger partial charge on any atom is 0.253 e. The number of likely N-dealkylation sites (tertiary alicyclic amines) is 1. The Morgan fingerprint density at radius 1 is 1.43 bits per heavy atom. The fourth-order valence-electron chi connectivity index (χ4n) is 2.62. The van der Waals surface area contributed by atoms with Crippen LogP contribution in [0.3, 0.4) is 0 Å². The van der Waals surface area contributed by atoms with Crippen molar-refractivity contribution in [1.82, 2.24) is 10.2 Å². The molecular formula is C16H22BrClN2O. The highest BCUT2D eigenvalue weighted by Gasteiger charge is 2.21. The van der Waals surface area contributed by atoms with Crippen LogP contribution in [0.15, 0.2) is 22.7 Å². The average molecular weight is 374 g/mol. The number of unbranched alkanes of at least 4 members (excludes halogenated alkanes) is 1. The molecule has 0 radical (unpaired) electrons. The number of hydrogen-bond acceptors (Lipinski definition) is 2. The Bertz CT molecular complexity index is 487. The molecule has 1 aliphatic heterocycles. The monoisotopic (exact) mass is 372 g/mol. The van der Waals surface area contributed by atoms with Gasteiger partial charge in [-0.1, -0.05) is 40.9 Å². The summed E-state index contributed by atoms with van der Waals surface area (Å²) in [5.41, 5.74) is 0.541. The molecule has 0 spiro atoms. The Morgan fingerprint density at radius 3 is 2.81 bits per heavy atom. The van der Waals surface area contributed by atoms with E-state index in [1.54, 1.807) is 12.1 Å². The molecule has 2 rings (SSSR count). The molecule has 1 aliphatic rings. The highest BCUT2D eigenvalue weighted by atomic mass is 79.9. The van der Waals surface area contributed by atoms with Crippen molar-refractivity contribution in [1.29, 1.82) is 0 Å². The second-order valence-corrected chi connectivity index (χ2v) is 6.89. The Labute approximate surface area is 140 Å². The zero-order chi connectivity index (χ0) is 15.2. The number of amides is 1. The lowest BCUT2D eigenvalue weighted by Gasteiger charge is -2.32. The molecule has 5 heteroatoms. The van der Waals surface area contributed by atoms with Crippen molar-refractivity contribution in [2.75, 3.05) is 19.6 Å². The van der Waals surface area contributed by atoms with E-state index in [0.717, 1.165) is 30.4 Å². The van der Waals surface area contributed by atoms with Crippen LogP contribution >= 0.6 is 27.5 Å². The lowest BCUT2D eigenvalue weighted by molar-refractivity contribution is 0.0911. The lowest BCUT2D eigenvalue weighted by Crippen LogP contribution is -2.44. The summed E-state index contributed by atoms with van der Waals surface area (Å²) in [6.45, 7) is 5.53. The first-order chi connectivity index (χ1) is 10.1. The van der Waals surface area contributed by atoms with Crippen LogP contribution in [0.25, 0.3) is 0 Å². The molecule has 116 valence electrons. The molecule has 1 fully saturated rings. The maximum absolute atomic E-state index is 12.3. The highest BCUT2D eigenvalue weighted by molar-refractivity contribution is 9.10. The van der Waals surface area contributed by atoms with Crippen molar-refractivity contribution >= 4 is 33.4 Å². The summed E-state index contributed by atoms with van der Waals surface area (Å²) in [7, 11) is 0. The summed E-state index contributed by atoms with van der Waals surface area (Å²) in [6.07, 6.45) is 4.52. The number of benzene rings is 1. The first-order valence-corrected chi connectivity index (χ1v) is 8.75. The van der Waals surface area contributed by atoms with Crippen LogP contribution in [0.1, 0.15) is 43.0 Å². The Hall–Kier alpha value is -0.580. The number of piperidine rings is 1. The minimum Gasteiger partial charge on any atom is -0.349 e. The zero-order valence-electron chi connectivity index (χ0n) is 12.4. The molecule has 1 heterocycles. The van der Waals surface area contributed by atoms with Crippen LogP contribution < -0.4 is 5.32 Å². The second kappa shape index (κ2) is 8.16. The maximum atomic E-state index is 12.3. The summed E-state index contributed by atoms with van der Waals surface area (Å²) in [4.78, 5) is 14.8. The van der Waals surface area contributed by atoms with Crippen molar-refractivity contribution in [2.45, 2.75) is 38.6 Å². The van der Waals surface area contributed by atoms with E-state index in [1.807, 2.05) is 6.07 Å². The average Bonchev–Trinajstić information content (AvgIpc) is 2.49. The summed E-state index contributed by atoms with van der Waals surface area (Å²) in [5.74, 6) is -0.0756. The van der Waals surface area contributed by atoms with Crippen molar-refractivity contribution in [2.24, 2.45) is 0 Å². The summed E-state index contributed by atoms with van der Waals surface area (Å²) < 4.78 is 0.867. The van der Waals surface area contributed by atoms with Crippen LogP contribution in [0.4, 0.5) is 0 Å². The number of rotatable bonds is 5. The van der Waals surface area contributed by atoms with E-state index >= 15 is 0 Å². The molecule has 0 aliphatic carbocycles. The van der Waals surface area contributed by atoms with E-state index in [0.29, 0.717) is 10.6 Å². The summed E-state index contributed by atoms with van der Waals surface area (Å²) >= 11 is 9.48. The fraction of sp³-hybridized carbons (Fsp3) is 0.562. The topological polar surface area (TPSA) is 32.3 Å². The Balaban J connectivity index is 1.85. The number of carbonyl (C=O) groups is 1. The SMILES string of the molecule is CCCCN1CCC(NC(=O)c2cc(Br)ccc2Cl)CC1. The van der Waals surface area contributed by atoms with Crippen molar-refractivity contribution in [3.63, 3.8) is 0 Å². The van der Waals surface area contributed by atoms with Gasteiger partial charge >= 0.3 is 0 Å². The van der Waals surface area contributed by atoms with Gasteiger partial charge in [0.15, 0.2) is 0 Å². The van der Waals surface area contributed by atoms with Crippen molar-refractivity contribution in [3.05, 3.63) is 33.3 Å². The van der Waals surface area contributed by atoms with Gasteiger partial charge < -0.3 is 10.2 Å². The van der Waals surface area contributed by atoms with E-state index in [4.69, 9.17) is 11.6 Å². The van der Waals surface area contributed by atoms with Crippen molar-refractivity contribution in [3.8, 4) is 0 Å². The van der Waals surface area contributed by atoms with E-state index in [9.17, 15) is 4.79 Å². The molecule has 1 aromatic rings. The molecule has 0 bridgehead atoms. The van der Waals surface area contributed by atoms with Gasteiger partial charge in [0.05, 0.1) is 10.6 Å². The smallest absolute Gasteiger partial charge is 0.253 e. The standard InChI is InChI=1S/C16H22BrClN2O/c1-2-3-8-20-9-6-13(7-10-20)19-16(21)14-11-12(17)4-5-15(14)18/h4-5,11,13H,2-3,6-10H2,1H3,(H,19,21). The molecule has 0 aromatic heterocycles. The first kappa shape index (κ1) is 16.8. The zero-order valence-corrected chi connectivity index (χ0v) is 14.7. The van der Waals surface area contributed by atoms with Crippen molar-refractivity contribution < 1.29 is 4.79 Å². The second-order valence-electron chi connectivity index (χ2n) is 5.57. The highest BCUT2D eigenvalue weighted by Crippen LogP contribution is 2.21. The van der Waals surface area contributed by atoms with Gasteiger partial charge in [-0.3, -0.25) is 4.79 Å². The van der Waals surface area contributed by atoms with Gasteiger partial charge in [-0.2, -0.15) is 0 Å². The van der Waals surface area contributed by atoms with E-state index in [1.165, 1.54) is 19.4 Å². The Kier molecular flexibility index (Phi) is 6.52. The summed E-state index contributed by atoms with van der Waals surface area (Å²) in [6, 6.07) is 5.61. The third-order valence-corrected chi connectivity index (χ3v) is 4.75. The van der Waals surface area contributed by atoms with Gasteiger partial charge in [0, 0.05) is 23.6 Å². The van der Waals surface area contributed by atoms with Gasteiger partial charge in [-0.15, -0.1) is 0 Å². The number of halogens is 2. The quantitative estimate of drug-likeness (QED) is 0.843. The third-order valence-electron chi connectivity index (χ3n) is 3.92. The van der Waals surface area contributed by atoms with Gasteiger partial charge in [0.2, 0.25) is 0 Å². The van der Waals surface area contributed by atoms with Crippen LogP contribution in [0, 0.1) is 0 Å². The molecule has 1 N–H and O–H groups in total. The lowest BCUT2D eigenvalue weighted by atomic mass is 10.0. The van der Waals surface area contributed by atoms with Crippen LogP contribution in [-0.4, -0.2) is 36.5 Å². The molecule has 3 nitrogen and oxygen atoms in total. The number of nitrogens with one attached hydrogen (secondary N) is 1. The molecular weight excluding hydrogens is 352 g/mol. The third kappa shape index (κ3) is 4.97. The van der Waals surface area contributed by atoms with Gasteiger partial charge in [0.25, 0.3) is 5.91 Å². The molecule has 21 heavy (non-hydrogen) atoms. The largest absolute Gasteiger partial charge is 0.349 e. The molecule has 0 unspecified atom stereocenters. The van der Waals surface area contributed by atoms with Gasteiger partial charge in [0.1, 0.15) is 0 Å². The number of nitrogens with zero attached hydrogens (tertiary/aromatic N) is 1. The van der Waals surface area contributed by atoms with Gasteiger partial charge in [-0.25, -0.2) is 0 Å². The van der Waals surface area contributed by atoms with Crippen LogP contribution in [0.2, 0.25) is 5.02 Å². The minimum atomic E-state index is -0.0756. The predicted octanol–water partition coefficient (Wildman–Crippen LogP) is 4.10.